The van der Waals surface area contributed by atoms with Gasteiger partial charge in [0.15, 0.2) is 5.65 Å². The Balaban J connectivity index is 1.61. The Morgan fingerprint density at radius 2 is 1.71 bits per heavy atom. The first-order valence-corrected chi connectivity index (χ1v) is 10.4. The predicted molar refractivity (Wildman–Crippen MR) is 114 cm³/mol. The predicted octanol–water partition coefficient (Wildman–Crippen LogP) is 1.46. The van der Waals surface area contributed by atoms with Crippen LogP contribution in [0.3, 0.4) is 0 Å². The molecule has 1 saturated heterocycles. The normalized spacial score (nSPS) is 14.7. The summed E-state index contributed by atoms with van der Waals surface area (Å²) in [7, 11) is 0. The van der Waals surface area contributed by atoms with Gasteiger partial charge in [0.2, 0.25) is 5.91 Å². The topological polar surface area (TPSA) is 123 Å². The Bertz CT molecular complexity index is 1020. The molecule has 0 saturated carbocycles. The van der Waals surface area contributed by atoms with Crippen LogP contribution >= 0.6 is 0 Å². The third kappa shape index (κ3) is 4.95. The van der Waals surface area contributed by atoms with E-state index in [0.29, 0.717) is 44.7 Å². The largest absolute Gasteiger partial charge is 0.444 e. The minimum absolute atomic E-state index is 0.0287. The number of ether oxygens (including phenoxy) is 1. The summed E-state index contributed by atoms with van der Waals surface area (Å²) in [6, 6.07) is 0. The summed E-state index contributed by atoms with van der Waals surface area (Å²) in [6.07, 6.45) is 1.90. The van der Waals surface area contributed by atoms with E-state index < -0.39 is 11.5 Å². The van der Waals surface area contributed by atoms with Gasteiger partial charge in [0.25, 0.3) is 5.91 Å². The highest BCUT2D eigenvalue weighted by atomic mass is 16.6. The third-order valence-electron chi connectivity index (χ3n) is 5.35. The van der Waals surface area contributed by atoms with Gasteiger partial charge >= 0.3 is 6.09 Å². The molecule has 0 radical (unpaired) electrons. The highest BCUT2D eigenvalue weighted by Gasteiger charge is 2.27. The molecule has 0 aromatic carbocycles. The molecule has 0 spiro atoms. The van der Waals surface area contributed by atoms with Gasteiger partial charge in [-0.15, -0.1) is 0 Å². The first-order valence-electron chi connectivity index (χ1n) is 10.4. The lowest BCUT2D eigenvalue weighted by Gasteiger charge is -2.35. The van der Waals surface area contributed by atoms with Gasteiger partial charge in [-0.25, -0.2) is 14.3 Å². The van der Waals surface area contributed by atoms with Crippen molar-refractivity contribution in [2.24, 2.45) is 5.73 Å². The lowest BCUT2D eigenvalue weighted by molar-refractivity contribution is -0.132. The van der Waals surface area contributed by atoms with E-state index in [0.717, 1.165) is 17.0 Å². The first kappa shape index (κ1) is 22.5. The van der Waals surface area contributed by atoms with Crippen LogP contribution in [0.25, 0.3) is 5.65 Å². The number of nitrogens with zero attached hydrogens (tertiary/aromatic N) is 5. The fourth-order valence-electron chi connectivity index (χ4n) is 3.70. The lowest BCUT2D eigenvalue weighted by atomic mass is 10.1. The van der Waals surface area contributed by atoms with Gasteiger partial charge in [0, 0.05) is 44.0 Å². The van der Waals surface area contributed by atoms with Crippen LogP contribution in [0.15, 0.2) is 6.20 Å². The second kappa shape index (κ2) is 8.52. The molecule has 3 rings (SSSR count). The van der Waals surface area contributed by atoms with Gasteiger partial charge in [-0.1, -0.05) is 0 Å². The first-order chi connectivity index (χ1) is 14.5. The quantitative estimate of drug-likeness (QED) is 0.783. The van der Waals surface area contributed by atoms with E-state index >= 15 is 0 Å². The van der Waals surface area contributed by atoms with E-state index in [2.05, 4.69) is 10.1 Å². The molecular weight excluding hydrogens is 400 g/mol. The second-order valence-electron chi connectivity index (χ2n) is 8.77. The van der Waals surface area contributed by atoms with Crippen LogP contribution in [0.4, 0.5) is 4.79 Å². The van der Waals surface area contributed by atoms with Crippen molar-refractivity contribution in [3.63, 3.8) is 0 Å². The molecule has 0 aliphatic carbocycles. The van der Waals surface area contributed by atoms with Crippen molar-refractivity contribution in [3.8, 4) is 0 Å². The van der Waals surface area contributed by atoms with Crippen molar-refractivity contribution in [1.29, 1.82) is 0 Å². The molecule has 31 heavy (non-hydrogen) atoms. The number of fused-ring (bicyclic) bond motifs is 1. The summed E-state index contributed by atoms with van der Waals surface area (Å²) in [5.74, 6) is -0.546. The minimum atomic E-state index is -0.574. The molecule has 0 atom stereocenters. The van der Waals surface area contributed by atoms with Gasteiger partial charge in [0.05, 0.1) is 6.20 Å². The van der Waals surface area contributed by atoms with Crippen molar-refractivity contribution in [2.75, 3.05) is 26.2 Å². The highest BCUT2D eigenvalue weighted by molar-refractivity contribution is 5.98. The zero-order valence-electron chi connectivity index (χ0n) is 18.8. The van der Waals surface area contributed by atoms with Crippen molar-refractivity contribution in [2.45, 2.75) is 53.1 Å². The summed E-state index contributed by atoms with van der Waals surface area (Å²) in [6.45, 7) is 11.1. The van der Waals surface area contributed by atoms with Crippen LogP contribution in [0.1, 0.15) is 54.5 Å². The summed E-state index contributed by atoms with van der Waals surface area (Å²) in [4.78, 5) is 44.4. The maximum atomic E-state index is 12.7. The second-order valence-corrected chi connectivity index (χ2v) is 8.77. The Kier molecular flexibility index (Phi) is 6.19. The number of aryl methyl sites for hydroxylation is 2. The molecule has 2 aromatic rings. The highest BCUT2D eigenvalue weighted by Crippen LogP contribution is 2.19. The number of hydrogen-bond donors (Lipinski definition) is 1. The Morgan fingerprint density at radius 3 is 2.29 bits per heavy atom. The molecule has 2 N–H and O–H groups in total. The number of hydrogen-bond acceptors (Lipinski definition) is 6. The van der Waals surface area contributed by atoms with Crippen LogP contribution in [0.2, 0.25) is 0 Å². The SMILES string of the molecule is Cc1nc2c(C(N)=O)cnn2c(C)c1CCC(=O)N1CCN(C(=O)OC(C)(C)C)CC1. The summed E-state index contributed by atoms with van der Waals surface area (Å²) in [5, 5.41) is 4.22. The van der Waals surface area contributed by atoms with Crippen molar-refractivity contribution >= 4 is 23.6 Å². The molecule has 10 nitrogen and oxygen atoms in total. The van der Waals surface area contributed by atoms with Crippen molar-refractivity contribution in [1.82, 2.24) is 24.4 Å². The molecule has 1 aliphatic rings. The number of piperazine rings is 1. The fourth-order valence-corrected chi connectivity index (χ4v) is 3.70. The molecule has 168 valence electrons. The van der Waals surface area contributed by atoms with E-state index in [1.807, 2.05) is 34.6 Å². The van der Waals surface area contributed by atoms with E-state index in [1.54, 1.807) is 14.3 Å². The maximum absolute atomic E-state index is 12.7. The molecule has 0 bridgehead atoms. The average Bonchev–Trinajstić information content (AvgIpc) is 3.10. The standard InChI is InChI=1S/C21H30N6O4/c1-13-15(14(2)27-19(24-13)16(12-23-27)18(22)29)6-7-17(28)25-8-10-26(11-9-25)20(30)31-21(3,4)5/h12H,6-11H2,1-5H3,(H2,22,29). The summed E-state index contributed by atoms with van der Waals surface area (Å²) < 4.78 is 6.99. The van der Waals surface area contributed by atoms with Crippen LogP contribution < -0.4 is 5.73 Å². The van der Waals surface area contributed by atoms with Crippen LogP contribution in [-0.4, -0.2) is 74.1 Å². The number of amides is 3. The van der Waals surface area contributed by atoms with E-state index in [1.165, 1.54) is 6.20 Å². The Morgan fingerprint density at radius 1 is 1.10 bits per heavy atom. The molecule has 0 unspecified atom stereocenters. The smallest absolute Gasteiger partial charge is 0.410 e. The van der Waals surface area contributed by atoms with Crippen LogP contribution in [0, 0.1) is 13.8 Å². The number of carbonyl (C=O) groups is 3. The number of carbonyl (C=O) groups excluding carboxylic acids is 3. The molecule has 3 heterocycles. The van der Waals surface area contributed by atoms with Gasteiger partial charge in [-0.3, -0.25) is 9.59 Å². The van der Waals surface area contributed by atoms with Crippen LogP contribution in [-0.2, 0) is 16.0 Å². The number of nitrogens with two attached hydrogens (primary N) is 1. The number of primary amides is 1. The molecule has 1 aliphatic heterocycles. The number of rotatable bonds is 4. The molecule has 1 fully saturated rings. The minimum Gasteiger partial charge on any atom is -0.444 e. The van der Waals surface area contributed by atoms with E-state index in [-0.39, 0.29) is 17.6 Å². The van der Waals surface area contributed by atoms with Gasteiger partial charge < -0.3 is 20.3 Å². The molecular formula is C21H30N6O4. The third-order valence-corrected chi connectivity index (χ3v) is 5.35. The fraction of sp³-hybridized carbons (Fsp3) is 0.571. The Hall–Kier alpha value is -3.17. The van der Waals surface area contributed by atoms with Crippen molar-refractivity contribution < 1.29 is 19.1 Å². The van der Waals surface area contributed by atoms with Gasteiger partial charge in [-0.2, -0.15) is 5.10 Å². The summed E-state index contributed by atoms with van der Waals surface area (Å²) >= 11 is 0. The van der Waals surface area contributed by atoms with Crippen molar-refractivity contribution in [3.05, 3.63) is 28.7 Å². The van der Waals surface area contributed by atoms with E-state index in [4.69, 9.17) is 10.5 Å². The molecule has 3 amide bonds. The number of aromatic nitrogens is 3. The van der Waals surface area contributed by atoms with Crippen LogP contribution in [0.5, 0.6) is 0 Å². The average molecular weight is 431 g/mol. The van der Waals surface area contributed by atoms with E-state index in [9.17, 15) is 14.4 Å². The molecule has 2 aromatic heterocycles. The monoisotopic (exact) mass is 430 g/mol. The zero-order valence-corrected chi connectivity index (χ0v) is 18.8. The molecule has 10 heteroatoms. The van der Waals surface area contributed by atoms with Gasteiger partial charge in [-0.05, 0) is 46.6 Å². The maximum Gasteiger partial charge on any atom is 0.410 e. The summed E-state index contributed by atoms with van der Waals surface area (Å²) in [5.41, 5.74) is 8.05. The lowest BCUT2D eigenvalue weighted by Crippen LogP contribution is -2.51. The van der Waals surface area contributed by atoms with Gasteiger partial charge in [0.1, 0.15) is 11.2 Å². The Labute approximate surface area is 181 Å². The zero-order chi connectivity index (χ0) is 22.9.